The fraction of sp³-hybridized carbons (Fsp3) is 0.600. The fourth-order valence-corrected chi connectivity index (χ4v) is 2.08. The minimum atomic E-state index is 0.148. The zero-order chi connectivity index (χ0) is 13.5. The lowest BCUT2D eigenvalue weighted by Gasteiger charge is -2.25. The van der Waals surface area contributed by atoms with Crippen LogP contribution in [0.3, 0.4) is 0 Å². The van der Waals surface area contributed by atoms with Crippen LogP contribution in [-0.2, 0) is 6.42 Å². The van der Waals surface area contributed by atoms with Gasteiger partial charge < -0.3 is 15.2 Å². The molecule has 102 valence electrons. The van der Waals surface area contributed by atoms with Gasteiger partial charge in [0.2, 0.25) is 0 Å². The maximum Gasteiger partial charge on any atom is 0.122 e. The van der Waals surface area contributed by atoms with Crippen LogP contribution in [0.1, 0.15) is 26.3 Å². The van der Waals surface area contributed by atoms with E-state index in [1.807, 2.05) is 18.2 Å². The molecule has 0 aliphatic heterocycles. The Labute approximate surface area is 110 Å². The van der Waals surface area contributed by atoms with E-state index in [4.69, 9.17) is 4.74 Å². The number of methoxy groups -OCH3 is 1. The quantitative estimate of drug-likeness (QED) is 0.781. The summed E-state index contributed by atoms with van der Waals surface area (Å²) in [5, 5.41) is 12.8. The van der Waals surface area contributed by atoms with Crippen LogP contribution in [0.2, 0.25) is 0 Å². The average molecular weight is 251 g/mol. The van der Waals surface area contributed by atoms with Crippen molar-refractivity contribution >= 4 is 0 Å². The molecule has 2 atom stereocenters. The molecular formula is C15H25NO2. The highest BCUT2D eigenvalue weighted by Crippen LogP contribution is 2.19. The average Bonchev–Trinajstić information content (AvgIpc) is 2.36. The van der Waals surface area contributed by atoms with E-state index in [-0.39, 0.29) is 12.6 Å². The second kappa shape index (κ2) is 7.39. The number of nitrogens with one attached hydrogen (secondary N) is 1. The number of aliphatic hydroxyl groups is 1. The zero-order valence-corrected chi connectivity index (χ0v) is 11.8. The van der Waals surface area contributed by atoms with Crippen LogP contribution in [0.25, 0.3) is 0 Å². The molecule has 1 rings (SSSR count). The van der Waals surface area contributed by atoms with Crippen LogP contribution in [0, 0.1) is 5.92 Å². The second-order valence-electron chi connectivity index (χ2n) is 5.12. The Morgan fingerprint density at radius 1 is 1.22 bits per heavy atom. The standard InChI is InChI=1S/C15H25NO2/c1-11(2)14(10-17)16-12(3)9-13-7-5-6-8-15(13)18-4/h5-8,11-12,14,16-17H,9-10H2,1-4H3/t12?,14-/m1/s1. The van der Waals surface area contributed by atoms with E-state index < -0.39 is 0 Å². The van der Waals surface area contributed by atoms with Crippen LogP contribution in [0.15, 0.2) is 24.3 Å². The van der Waals surface area contributed by atoms with Gasteiger partial charge in [-0.2, -0.15) is 0 Å². The van der Waals surface area contributed by atoms with Crippen LogP contribution in [0.5, 0.6) is 5.75 Å². The van der Waals surface area contributed by atoms with Crippen LogP contribution < -0.4 is 10.1 Å². The fourth-order valence-electron chi connectivity index (χ4n) is 2.08. The Morgan fingerprint density at radius 2 is 1.89 bits per heavy atom. The first-order valence-corrected chi connectivity index (χ1v) is 6.57. The summed E-state index contributed by atoms with van der Waals surface area (Å²) in [7, 11) is 1.70. The van der Waals surface area contributed by atoms with Crippen LogP contribution in [0.4, 0.5) is 0 Å². The highest BCUT2D eigenvalue weighted by Gasteiger charge is 2.15. The van der Waals surface area contributed by atoms with Gasteiger partial charge >= 0.3 is 0 Å². The lowest BCUT2D eigenvalue weighted by molar-refractivity contribution is 0.200. The SMILES string of the molecule is COc1ccccc1CC(C)N[C@H](CO)C(C)C. The molecule has 0 saturated heterocycles. The predicted octanol–water partition coefficient (Wildman–Crippen LogP) is 2.23. The molecule has 0 heterocycles. The van der Waals surface area contributed by atoms with Gasteiger partial charge in [0.25, 0.3) is 0 Å². The molecule has 1 aromatic rings. The summed E-state index contributed by atoms with van der Waals surface area (Å²) in [6.45, 7) is 6.54. The van der Waals surface area contributed by atoms with Crippen molar-refractivity contribution in [2.75, 3.05) is 13.7 Å². The Morgan fingerprint density at radius 3 is 2.44 bits per heavy atom. The summed E-state index contributed by atoms with van der Waals surface area (Å²) < 4.78 is 5.35. The number of hydrogen-bond acceptors (Lipinski definition) is 3. The van der Waals surface area contributed by atoms with Gasteiger partial charge in [0.1, 0.15) is 5.75 Å². The van der Waals surface area contributed by atoms with Crippen LogP contribution >= 0.6 is 0 Å². The molecule has 0 aliphatic rings. The monoisotopic (exact) mass is 251 g/mol. The summed E-state index contributed by atoms with van der Waals surface area (Å²) in [6, 6.07) is 8.52. The Hall–Kier alpha value is -1.06. The molecular weight excluding hydrogens is 226 g/mol. The topological polar surface area (TPSA) is 41.5 Å². The molecule has 0 aliphatic carbocycles. The van der Waals surface area contributed by atoms with Crippen molar-refractivity contribution in [1.29, 1.82) is 0 Å². The first kappa shape index (κ1) is 15.0. The minimum absolute atomic E-state index is 0.148. The van der Waals surface area contributed by atoms with E-state index in [9.17, 15) is 5.11 Å². The molecule has 0 amide bonds. The van der Waals surface area contributed by atoms with Crippen molar-refractivity contribution < 1.29 is 9.84 Å². The molecule has 0 radical (unpaired) electrons. The van der Waals surface area contributed by atoms with Crippen molar-refractivity contribution in [1.82, 2.24) is 5.32 Å². The molecule has 0 spiro atoms. The van der Waals surface area contributed by atoms with Crippen molar-refractivity contribution in [2.45, 2.75) is 39.3 Å². The Bertz CT molecular complexity index is 352. The van der Waals surface area contributed by atoms with Crippen molar-refractivity contribution in [3.63, 3.8) is 0 Å². The maximum absolute atomic E-state index is 9.32. The number of para-hydroxylation sites is 1. The number of hydrogen-bond donors (Lipinski definition) is 2. The largest absolute Gasteiger partial charge is 0.496 e. The summed E-state index contributed by atoms with van der Waals surface area (Å²) in [4.78, 5) is 0. The lowest BCUT2D eigenvalue weighted by Crippen LogP contribution is -2.43. The number of aliphatic hydroxyl groups excluding tert-OH is 1. The van der Waals surface area contributed by atoms with Gasteiger partial charge in [0.15, 0.2) is 0 Å². The third kappa shape index (κ3) is 4.31. The number of rotatable bonds is 7. The molecule has 18 heavy (non-hydrogen) atoms. The highest BCUT2D eigenvalue weighted by atomic mass is 16.5. The number of ether oxygens (including phenoxy) is 1. The summed E-state index contributed by atoms with van der Waals surface area (Å²) in [5.41, 5.74) is 1.19. The van der Waals surface area contributed by atoms with Gasteiger partial charge in [0, 0.05) is 12.1 Å². The van der Waals surface area contributed by atoms with E-state index in [0.29, 0.717) is 12.0 Å². The first-order valence-electron chi connectivity index (χ1n) is 6.57. The molecule has 3 heteroatoms. The zero-order valence-electron chi connectivity index (χ0n) is 11.8. The maximum atomic E-state index is 9.32. The van der Waals surface area contributed by atoms with Gasteiger partial charge in [0.05, 0.1) is 13.7 Å². The van der Waals surface area contributed by atoms with Crippen molar-refractivity contribution in [3.05, 3.63) is 29.8 Å². The summed E-state index contributed by atoms with van der Waals surface area (Å²) in [5.74, 6) is 1.35. The van der Waals surface area contributed by atoms with Gasteiger partial charge in [-0.1, -0.05) is 32.0 Å². The third-order valence-electron chi connectivity index (χ3n) is 3.22. The molecule has 0 aromatic heterocycles. The normalized spacial score (nSPS) is 14.6. The van der Waals surface area contributed by atoms with E-state index in [0.717, 1.165) is 12.2 Å². The molecule has 1 unspecified atom stereocenters. The Kier molecular flexibility index (Phi) is 6.16. The summed E-state index contributed by atoms with van der Waals surface area (Å²) in [6.07, 6.45) is 0.896. The molecule has 1 aromatic carbocycles. The first-order chi connectivity index (χ1) is 8.58. The van der Waals surface area contributed by atoms with E-state index in [1.54, 1.807) is 7.11 Å². The summed E-state index contributed by atoms with van der Waals surface area (Å²) >= 11 is 0. The smallest absolute Gasteiger partial charge is 0.122 e. The van der Waals surface area contributed by atoms with Crippen molar-refractivity contribution in [3.8, 4) is 5.75 Å². The molecule has 2 N–H and O–H groups in total. The molecule has 0 bridgehead atoms. The Balaban J connectivity index is 2.61. The van der Waals surface area contributed by atoms with E-state index in [2.05, 4.69) is 32.2 Å². The molecule has 0 saturated carbocycles. The van der Waals surface area contributed by atoms with Gasteiger partial charge in [-0.15, -0.1) is 0 Å². The second-order valence-corrected chi connectivity index (χ2v) is 5.12. The molecule has 0 fully saturated rings. The number of benzene rings is 1. The lowest BCUT2D eigenvalue weighted by atomic mass is 10.0. The van der Waals surface area contributed by atoms with Gasteiger partial charge in [-0.3, -0.25) is 0 Å². The van der Waals surface area contributed by atoms with Gasteiger partial charge in [-0.25, -0.2) is 0 Å². The van der Waals surface area contributed by atoms with E-state index in [1.165, 1.54) is 5.56 Å². The molecule has 3 nitrogen and oxygen atoms in total. The van der Waals surface area contributed by atoms with Gasteiger partial charge in [-0.05, 0) is 30.9 Å². The van der Waals surface area contributed by atoms with E-state index >= 15 is 0 Å². The van der Waals surface area contributed by atoms with Crippen LogP contribution in [-0.4, -0.2) is 30.9 Å². The highest BCUT2D eigenvalue weighted by molar-refractivity contribution is 5.33. The predicted molar refractivity (Wildman–Crippen MR) is 75.0 cm³/mol. The van der Waals surface area contributed by atoms with Crippen molar-refractivity contribution in [2.24, 2.45) is 5.92 Å². The minimum Gasteiger partial charge on any atom is -0.496 e. The third-order valence-corrected chi connectivity index (χ3v) is 3.22.